The Kier molecular flexibility index (Phi) is 4.92. The molecular weight excluding hydrogens is 354 g/mol. The molecule has 0 fully saturated rings. The summed E-state index contributed by atoms with van der Waals surface area (Å²) in [6, 6.07) is 12.2. The van der Waals surface area contributed by atoms with E-state index < -0.39 is 5.60 Å². The van der Waals surface area contributed by atoms with Gasteiger partial charge in [-0.1, -0.05) is 23.7 Å². The topological polar surface area (TPSA) is 55.8 Å². The first-order chi connectivity index (χ1) is 12.3. The predicted octanol–water partition coefficient (Wildman–Crippen LogP) is 4.22. The Morgan fingerprint density at radius 3 is 2.54 bits per heavy atom. The molecule has 136 valence electrons. The van der Waals surface area contributed by atoms with E-state index >= 15 is 0 Å². The van der Waals surface area contributed by atoms with Crippen molar-refractivity contribution in [3.8, 4) is 5.75 Å². The maximum absolute atomic E-state index is 12.9. The fraction of sp³-hybridized carbons (Fsp3) is 0.300. The number of rotatable bonds is 4. The van der Waals surface area contributed by atoms with E-state index in [9.17, 15) is 9.59 Å². The van der Waals surface area contributed by atoms with Crippen LogP contribution in [0, 0.1) is 0 Å². The third-order valence-corrected chi connectivity index (χ3v) is 4.38. The van der Waals surface area contributed by atoms with Gasteiger partial charge in [-0.15, -0.1) is 0 Å². The second-order valence-electron chi connectivity index (χ2n) is 6.53. The number of hydrogen-bond acceptors (Lipinski definition) is 4. The number of carbonyl (C=O) groups is 2. The smallest absolute Gasteiger partial charge is 0.338 e. The maximum atomic E-state index is 12.9. The van der Waals surface area contributed by atoms with Crippen LogP contribution in [0.4, 0.5) is 5.69 Å². The van der Waals surface area contributed by atoms with E-state index in [2.05, 4.69) is 0 Å². The molecule has 0 saturated heterocycles. The number of anilines is 1. The highest BCUT2D eigenvalue weighted by Gasteiger charge is 2.40. The monoisotopic (exact) mass is 373 g/mol. The lowest BCUT2D eigenvalue weighted by atomic mass is 10.0. The van der Waals surface area contributed by atoms with Gasteiger partial charge in [0.25, 0.3) is 5.91 Å². The van der Waals surface area contributed by atoms with Crippen LogP contribution in [0.15, 0.2) is 42.5 Å². The summed E-state index contributed by atoms with van der Waals surface area (Å²) in [5.74, 6) is 0.101. The van der Waals surface area contributed by atoms with E-state index in [1.807, 2.05) is 12.1 Å². The van der Waals surface area contributed by atoms with Crippen molar-refractivity contribution in [1.29, 1.82) is 0 Å². The third kappa shape index (κ3) is 3.53. The zero-order valence-electron chi connectivity index (χ0n) is 14.9. The van der Waals surface area contributed by atoms with Crippen molar-refractivity contribution in [1.82, 2.24) is 0 Å². The Morgan fingerprint density at radius 1 is 1.19 bits per heavy atom. The van der Waals surface area contributed by atoms with E-state index in [1.165, 1.54) is 0 Å². The Morgan fingerprint density at radius 2 is 1.88 bits per heavy atom. The molecule has 0 radical (unpaired) electrons. The molecule has 0 aromatic heterocycles. The van der Waals surface area contributed by atoms with Crippen molar-refractivity contribution in [2.75, 3.05) is 11.5 Å². The maximum Gasteiger partial charge on any atom is 0.338 e. The molecule has 2 aromatic carbocycles. The first-order valence-corrected chi connectivity index (χ1v) is 8.76. The minimum absolute atomic E-state index is 0.151. The Labute approximate surface area is 157 Å². The first kappa shape index (κ1) is 18.3. The number of halogens is 1. The van der Waals surface area contributed by atoms with Crippen LogP contribution in [0.3, 0.4) is 0 Å². The van der Waals surface area contributed by atoms with Gasteiger partial charge in [0.1, 0.15) is 5.75 Å². The number of hydrogen-bond donors (Lipinski definition) is 0. The molecule has 5 nitrogen and oxygen atoms in total. The summed E-state index contributed by atoms with van der Waals surface area (Å²) in [4.78, 5) is 26.3. The minimum atomic E-state index is -0.967. The number of carbonyl (C=O) groups excluding carboxylic acids is 2. The van der Waals surface area contributed by atoms with Crippen LogP contribution in [0.25, 0.3) is 0 Å². The van der Waals surface area contributed by atoms with Crippen LogP contribution in [0.5, 0.6) is 5.75 Å². The summed E-state index contributed by atoms with van der Waals surface area (Å²) >= 11 is 6.10. The number of ether oxygens (including phenoxy) is 2. The van der Waals surface area contributed by atoms with Gasteiger partial charge in [0, 0.05) is 5.02 Å². The molecule has 1 amide bonds. The predicted molar refractivity (Wildman–Crippen MR) is 99.7 cm³/mol. The summed E-state index contributed by atoms with van der Waals surface area (Å²) in [6.07, 6.45) is 0. The highest BCUT2D eigenvalue weighted by atomic mass is 35.5. The number of amides is 1. The molecule has 0 atom stereocenters. The SMILES string of the molecule is CCOC(=O)c1ccc(CN2C(=O)C(C)(C)Oc3ccc(Cl)cc32)cc1. The Bertz CT molecular complexity index is 845. The number of esters is 1. The van der Waals surface area contributed by atoms with E-state index in [0.717, 1.165) is 5.56 Å². The zero-order valence-corrected chi connectivity index (χ0v) is 15.7. The molecule has 1 aliphatic rings. The van der Waals surface area contributed by atoms with Crippen LogP contribution in [0.2, 0.25) is 5.02 Å². The molecule has 26 heavy (non-hydrogen) atoms. The highest BCUT2D eigenvalue weighted by Crippen LogP contribution is 2.40. The fourth-order valence-electron chi connectivity index (χ4n) is 2.84. The van der Waals surface area contributed by atoms with Gasteiger partial charge >= 0.3 is 5.97 Å². The Hall–Kier alpha value is -2.53. The summed E-state index contributed by atoms with van der Waals surface area (Å²) in [5.41, 5.74) is 1.03. The molecule has 2 aromatic rings. The Balaban J connectivity index is 1.90. The third-order valence-electron chi connectivity index (χ3n) is 4.14. The second-order valence-corrected chi connectivity index (χ2v) is 6.97. The van der Waals surface area contributed by atoms with Crippen molar-refractivity contribution in [2.24, 2.45) is 0 Å². The van der Waals surface area contributed by atoms with Gasteiger partial charge in [-0.05, 0) is 56.7 Å². The van der Waals surface area contributed by atoms with Gasteiger partial charge in [-0.2, -0.15) is 0 Å². The van der Waals surface area contributed by atoms with Gasteiger partial charge < -0.3 is 14.4 Å². The van der Waals surface area contributed by atoms with E-state index in [4.69, 9.17) is 21.1 Å². The van der Waals surface area contributed by atoms with Crippen LogP contribution < -0.4 is 9.64 Å². The summed E-state index contributed by atoms with van der Waals surface area (Å²) < 4.78 is 10.8. The van der Waals surface area contributed by atoms with Crippen LogP contribution in [-0.2, 0) is 16.1 Å². The molecule has 1 heterocycles. The van der Waals surface area contributed by atoms with Gasteiger partial charge in [0.15, 0.2) is 5.60 Å². The zero-order chi connectivity index (χ0) is 18.9. The minimum Gasteiger partial charge on any atom is -0.476 e. The lowest BCUT2D eigenvalue weighted by molar-refractivity contribution is -0.132. The van der Waals surface area contributed by atoms with Crippen LogP contribution in [-0.4, -0.2) is 24.1 Å². The van der Waals surface area contributed by atoms with Crippen molar-refractivity contribution < 1.29 is 19.1 Å². The van der Waals surface area contributed by atoms with E-state index in [0.29, 0.717) is 35.2 Å². The van der Waals surface area contributed by atoms with Gasteiger partial charge in [-0.25, -0.2) is 4.79 Å². The van der Waals surface area contributed by atoms with Crippen LogP contribution >= 0.6 is 11.6 Å². The van der Waals surface area contributed by atoms with Gasteiger partial charge in [0.2, 0.25) is 0 Å². The molecule has 3 rings (SSSR count). The highest BCUT2D eigenvalue weighted by molar-refractivity contribution is 6.31. The normalized spacial score (nSPS) is 15.2. The number of nitrogens with zero attached hydrogens (tertiary/aromatic N) is 1. The average Bonchev–Trinajstić information content (AvgIpc) is 2.60. The van der Waals surface area contributed by atoms with Crippen molar-refractivity contribution in [2.45, 2.75) is 32.9 Å². The molecule has 0 N–H and O–H groups in total. The summed E-state index contributed by atoms with van der Waals surface area (Å²) in [5, 5.41) is 0.530. The molecule has 0 spiro atoms. The molecule has 1 aliphatic heterocycles. The molecule has 0 unspecified atom stereocenters. The van der Waals surface area contributed by atoms with Crippen molar-refractivity contribution >= 4 is 29.2 Å². The first-order valence-electron chi connectivity index (χ1n) is 8.38. The summed E-state index contributed by atoms with van der Waals surface area (Å²) in [7, 11) is 0. The van der Waals surface area contributed by atoms with Gasteiger partial charge in [0.05, 0.1) is 24.4 Å². The second kappa shape index (κ2) is 7.00. The van der Waals surface area contributed by atoms with Crippen LogP contribution in [0.1, 0.15) is 36.7 Å². The molecule has 0 bridgehead atoms. The molecule has 0 saturated carbocycles. The quantitative estimate of drug-likeness (QED) is 0.753. The van der Waals surface area contributed by atoms with E-state index in [-0.39, 0.29) is 11.9 Å². The fourth-order valence-corrected chi connectivity index (χ4v) is 3.01. The van der Waals surface area contributed by atoms with Gasteiger partial charge in [-0.3, -0.25) is 4.79 Å². The largest absolute Gasteiger partial charge is 0.476 e. The summed E-state index contributed by atoms with van der Waals surface area (Å²) in [6.45, 7) is 5.92. The van der Waals surface area contributed by atoms with E-state index in [1.54, 1.807) is 56.0 Å². The standard InChI is InChI=1S/C20H20ClNO4/c1-4-25-18(23)14-7-5-13(6-8-14)12-22-16-11-15(21)9-10-17(16)26-20(2,3)19(22)24/h5-11H,4,12H2,1-3H3. The number of benzene rings is 2. The molecular formula is C20H20ClNO4. The van der Waals surface area contributed by atoms with Crippen molar-refractivity contribution in [3.63, 3.8) is 0 Å². The lowest BCUT2D eigenvalue weighted by Gasteiger charge is -2.39. The lowest BCUT2D eigenvalue weighted by Crippen LogP contribution is -2.52. The number of fused-ring (bicyclic) bond motifs is 1. The molecule has 6 heteroatoms. The average molecular weight is 374 g/mol. The molecule has 0 aliphatic carbocycles. The van der Waals surface area contributed by atoms with Crippen molar-refractivity contribution in [3.05, 3.63) is 58.6 Å².